The maximum absolute atomic E-state index is 9.67. The molecule has 1 N–H and O–H groups in total. The van der Waals surface area contributed by atoms with Crippen LogP contribution in [0.2, 0.25) is 0 Å². The van der Waals surface area contributed by atoms with Crippen molar-refractivity contribution in [2.75, 3.05) is 12.0 Å². The van der Waals surface area contributed by atoms with E-state index in [0.717, 1.165) is 28.3 Å². The van der Waals surface area contributed by atoms with Crippen LogP contribution < -0.4 is 9.64 Å². The molecule has 2 unspecified atom stereocenters. The first kappa shape index (κ1) is 17.2. The molecule has 0 aliphatic carbocycles. The van der Waals surface area contributed by atoms with Crippen molar-refractivity contribution in [1.82, 2.24) is 0 Å². The van der Waals surface area contributed by atoms with Crippen molar-refractivity contribution in [1.29, 1.82) is 0 Å². The maximum atomic E-state index is 9.67. The van der Waals surface area contributed by atoms with Crippen LogP contribution >= 0.6 is 0 Å². The second kappa shape index (κ2) is 7.16. The molecule has 0 amide bonds. The summed E-state index contributed by atoms with van der Waals surface area (Å²) in [4.78, 5) is 7.37. The minimum absolute atomic E-state index is 0.101. The summed E-state index contributed by atoms with van der Waals surface area (Å²) in [5.74, 6) is 1.09. The summed E-state index contributed by atoms with van der Waals surface area (Å²) < 4.78 is 5.29. The molecule has 27 heavy (non-hydrogen) atoms. The second-order valence-corrected chi connectivity index (χ2v) is 6.63. The Labute approximate surface area is 159 Å². The Bertz CT molecular complexity index is 934. The molecule has 0 aromatic heterocycles. The van der Waals surface area contributed by atoms with E-state index in [-0.39, 0.29) is 18.0 Å². The van der Waals surface area contributed by atoms with Gasteiger partial charge in [-0.15, -0.1) is 0 Å². The van der Waals surface area contributed by atoms with Gasteiger partial charge in [0.05, 0.1) is 18.9 Å². The smallest absolute Gasteiger partial charge is 0.148 e. The van der Waals surface area contributed by atoms with E-state index in [2.05, 4.69) is 36.1 Å². The normalized spacial score (nSPS) is 19.0. The lowest BCUT2D eigenvalue weighted by atomic mass is 10.0. The van der Waals surface area contributed by atoms with Gasteiger partial charge in [-0.1, -0.05) is 42.5 Å². The molecular weight excluding hydrogens is 336 g/mol. The van der Waals surface area contributed by atoms with E-state index >= 15 is 0 Å². The zero-order valence-corrected chi connectivity index (χ0v) is 15.4. The van der Waals surface area contributed by atoms with E-state index in [1.807, 2.05) is 42.5 Å². The number of anilines is 1. The molecule has 3 aromatic rings. The molecule has 2 atom stereocenters. The highest BCUT2D eigenvalue weighted by molar-refractivity contribution is 6.07. The lowest BCUT2D eigenvalue weighted by Gasteiger charge is -2.30. The van der Waals surface area contributed by atoms with Crippen LogP contribution in [-0.4, -0.2) is 24.0 Å². The summed E-state index contributed by atoms with van der Waals surface area (Å²) in [5, 5.41) is 9.67. The fraction of sp³-hybridized carbons (Fsp3) is 0.174. The van der Waals surface area contributed by atoms with Crippen LogP contribution in [0.4, 0.5) is 5.69 Å². The topological polar surface area (TPSA) is 45.1 Å². The Morgan fingerprint density at radius 2 is 1.56 bits per heavy atom. The Morgan fingerprint density at radius 1 is 0.889 bits per heavy atom. The SMILES string of the molecule is COc1ccc(C2N=C(c3ccccc3)C(C)N2c2ccc(O)cc2)cc1. The van der Waals surface area contributed by atoms with E-state index in [1.165, 1.54) is 0 Å². The van der Waals surface area contributed by atoms with Gasteiger partial charge in [-0.25, -0.2) is 0 Å². The largest absolute Gasteiger partial charge is 0.508 e. The Balaban J connectivity index is 1.78. The number of phenolic OH excluding ortho intramolecular Hbond substituents is 1. The van der Waals surface area contributed by atoms with Crippen molar-refractivity contribution in [3.8, 4) is 11.5 Å². The fourth-order valence-electron chi connectivity index (χ4n) is 3.57. The van der Waals surface area contributed by atoms with Gasteiger partial charge < -0.3 is 14.7 Å². The number of hydrogen-bond donors (Lipinski definition) is 1. The summed E-state index contributed by atoms with van der Waals surface area (Å²) in [7, 11) is 1.67. The van der Waals surface area contributed by atoms with E-state index in [1.54, 1.807) is 19.2 Å². The maximum Gasteiger partial charge on any atom is 0.148 e. The zero-order chi connectivity index (χ0) is 18.8. The molecule has 0 spiro atoms. The van der Waals surface area contributed by atoms with Crippen LogP contribution in [0.25, 0.3) is 0 Å². The van der Waals surface area contributed by atoms with Crippen molar-refractivity contribution in [3.05, 3.63) is 90.0 Å². The lowest BCUT2D eigenvalue weighted by Crippen LogP contribution is -2.35. The Kier molecular flexibility index (Phi) is 4.55. The van der Waals surface area contributed by atoms with Crippen LogP contribution in [0.3, 0.4) is 0 Å². The summed E-state index contributed by atoms with van der Waals surface area (Å²) in [6.07, 6.45) is -0.134. The molecule has 1 aliphatic rings. The number of aliphatic imine (C=N–C) groups is 1. The first-order valence-corrected chi connectivity index (χ1v) is 9.02. The Hall–Kier alpha value is -3.27. The van der Waals surface area contributed by atoms with Gasteiger partial charge in [0.25, 0.3) is 0 Å². The highest BCUT2D eigenvalue weighted by Crippen LogP contribution is 2.38. The molecule has 0 bridgehead atoms. The number of aromatic hydroxyl groups is 1. The molecule has 136 valence electrons. The summed E-state index contributed by atoms with van der Waals surface area (Å²) in [5.41, 5.74) is 4.31. The lowest BCUT2D eigenvalue weighted by molar-refractivity contribution is 0.414. The van der Waals surface area contributed by atoms with Crippen LogP contribution in [-0.2, 0) is 0 Å². The first-order chi connectivity index (χ1) is 13.2. The molecule has 0 saturated carbocycles. The third kappa shape index (κ3) is 3.26. The van der Waals surface area contributed by atoms with Crippen LogP contribution in [0.1, 0.15) is 24.2 Å². The van der Waals surface area contributed by atoms with Crippen molar-refractivity contribution in [3.63, 3.8) is 0 Å². The predicted molar refractivity (Wildman–Crippen MR) is 109 cm³/mol. The molecule has 0 radical (unpaired) electrons. The average Bonchev–Trinajstić information content (AvgIpc) is 3.06. The van der Waals surface area contributed by atoms with Crippen molar-refractivity contribution < 1.29 is 9.84 Å². The minimum Gasteiger partial charge on any atom is -0.508 e. The molecule has 1 aliphatic heterocycles. The summed E-state index contributed by atoms with van der Waals surface area (Å²) in [6, 6.07) is 25.7. The molecule has 3 aromatic carbocycles. The molecule has 1 heterocycles. The van der Waals surface area contributed by atoms with Gasteiger partial charge in [0.15, 0.2) is 0 Å². The van der Waals surface area contributed by atoms with Gasteiger partial charge >= 0.3 is 0 Å². The van der Waals surface area contributed by atoms with Crippen molar-refractivity contribution in [2.24, 2.45) is 4.99 Å². The quantitative estimate of drug-likeness (QED) is 0.729. The number of phenols is 1. The predicted octanol–water partition coefficient (Wildman–Crippen LogP) is 4.80. The van der Waals surface area contributed by atoms with Gasteiger partial charge in [0.2, 0.25) is 0 Å². The van der Waals surface area contributed by atoms with Gasteiger partial charge in [-0.3, -0.25) is 4.99 Å². The van der Waals surface area contributed by atoms with E-state index in [0.29, 0.717) is 0 Å². The minimum atomic E-state index is -0.134. The van der Waals surface area contributed by atoms with Gasteiger partial charge in [0, 0.05) is 5.69 Å². The number of benzene rings is 3. The zero-order valence-electron chi connectivity index (χ0n) is 15.4. The standard InChI is InChI=1S/C23H22N2O2/c1-16-22(17-6-4-3-5-7-17)24-23(18-8-14-21(27-2)15-9-18)25(16)19-10-12-20(26)13-11-19/h3-16,23,26H,1-2H3. The van der Waals surface area contributed by atoms with E-state index < -0.39 is 0 Å². The second-order valence-electron chi connectivity index (χ2n) is 6.63. The van der Waals surface area contributed by atoms with Gasteiger partial charge in [0.1, 0.15) is 17.7 Å². The number of rotatable bonds is 4. The van der Waals surface area contributed by atoms with Gasteiger partial charge in [-0.05, 0) is 54.4 Å². The summed E-state index contributed by atoms with van der Waals surface area (Å²) >= 11 is 0. The van der Waals surface area contributed by atoms with Crippen molar-refractivity contribution >= 4 is 11.4 Å². The highest BCUT2D eigenvalue weighted by Gasteiger charge is 2.35. The molecule has 4 rings (SSSR count). The van der Waals surface area contributed by atoms with Crippen LogP contribution in [0, 0.1) is 0 Å². The van der Waals surface area contributed by atoms with Crippen LogP contribution in [0.5, 0.6) is 11.5 Å². The first-order valence-electron chi connectivity index (χ1n) is 9.02. The Morgan fingerprint density at radius 3 is 2.19 bits per heavy atom. The highest BCUT2D eigenvalue weighted by atomic mass is 16.5. The third-order valence-electron chi connectivity index (χ3n) is 4.97. The number of hydrogen-bond acceptors (Lipinski definition) is 4. The van der Waals surface area contributed by atoms with E-state index in [9.17, 15) is 5.11 Å². The van der Waals surface area contributed by atoms with Crippen molar-refractivity contribution in [2.45, 2.75) is 19.1 Å². The fourth-order valence-corrected chi connectivity index (χ4v) is 3.57. The van der Waals surface area contributed by atoms with Crippen LogP contribution in [0.15, 0.2) is 83.9 Å². The molecule has 0 fully saturated rings. The molecule has 4 nitrogen and oxygen atoms in total. The van der Waals surface area contributed by atoms with E-state index in [4.69, 9.17) is 9.73 Å². The number of methoxy groups -OCH3 is 1. The van der Waals surface area contributed by atoms with Gasteiger partial charge in [-0.2, -0.15) is 0 Å². The molecule has 4 heteroatoms. The number of nitrogens with zero attached hydrogens (tertiary/aromatic N) is 2. The molecular formula is C23H22N2O2. The monoisotopic (exact) mass is 358 g/mol. The average molecular weight is 358 g/mol. The summed E-state index contributed by atoms with van der Waals surface area (Å²) in [6.45, 7) is 2.17. The third-order valence-corrected chi connectivity index (χ3v) is 4.97. The number of ether oxygens (including phenoxy) is 1. The molecule has 0 saturated heterocycles.